The van der Waals surface area contributed by atoms with E-state index in [0.29, 0.717) is 5.75 Å². The van der Waals surface area contributed by atoms with Gasteiger partial charge in [-0.2, -0.15) is 0 Å². The normalized spacial score (nSPS) is 21.4. The average molecular weight is 247 g/mol. The molecule has 0 aromatic carbocycles. The molecule has 94 valence electrons. The van der Waals surface area contributed by atoms with E-state index in [9.17, 15) is 9.90 Å². The van der Waals surface area contributed by atoms with Crippen LogP contribution in [0, 0.1) is 0 Å². The van der Waals surface area contributed by atoms with Crippen LogP contribution in [-0.2, 0) is 9.53 Å². The monoisotopic (exact) mass is 247 g/mol. The number of carbonyl (C=O) groups is 1. The Labute approximate surface area is 101 Å². The Hall–Kier alpha value is -0.260. The van der Waals surface area contributed by atoms with E-state index in [-0.39, 0.29) is 23.3 Å². The van der Waals surface area contributed by atoms with Gasteiger partial charge in [0.25, 0.3) is 0 Å². The number of thioether (sulfide) groups is 1. The molecule has 1 aliphatic heterocycles. The second kappa shape index (κ2) is 7.14. The van der Waals surface area contributed by atoms with Gasteiger partial charge in [-0.15, -0.1) is 11.8 Å². The van der Waals surface area contributed by atoms with Gasteiger partial charge in [0.1, 0.15) is 0 Å². The number of rotatable bonds is 5. The molecule has 0 radical (unpaired) electrons. The largest absolute Gasteiger partial charge is 0.392 e. The third kappa shape index (κ3) is 5.18. The molecule has 0 bridgehead atoms. The number of amides is 1. The summed E-state index contributed by atoms with van der Waals surface area (Å²) in [6.07, 6.45) is 1.44. The molecule has 4 nitrogen and oxygen atoms in total. The van der Waals surface area contributed by atoms with Crippen LogP contribution in [0.25, 0.3) is 0 Å². The van der Waals surface area contributed by atoms with Gasteiger partial charge >= 0.3 is 0 Å². The zero-order valence-corrected chi connectivity index (χ0v) is 10.8. The summed E-state index contributed by atoms with van der Waals surface area (Å²) in [7, 11) is 0. The lowest BCUT2D eigenvalue weighted by atomic mass is 10.1. The van der Waals surface area contributed by atoms with Crippen LogP contribution in [0.2, 0.25) is 0 Å². The minimum atomic E-state index is -0.374. The van der Waals surface area contributed by atoms with Gasteiger partial charge in [0.05, 0.1) is 11.9 Å². The van der Waals surface area contributed by atoms with Crippen LogP contribution in [0.4, 0.5) is 0 Å². The van der Waals surface area contributed by atoms with E-state index in [4.69, 9.17) is 4.74 Å². The van der Waals surface area contributed by atoms with Gasteiger partial charge in [0.2, 0.25) is 5.91 Å². The van der Waals surface area contributed by atoms with Gasteiger partial charge < -0.3 is 15.2 Å². The number of hydrogen-bond acceptors (Lipinski definition) is 4. The van der Waals surface area contributed by atoms with Crippen molar-refractivity contribution in [1.29, 1.82) is 0 Å². The van der Waals surface area contributed by atoms with Gasteiger partial charge in [0, 0.05) is 24.5 Å². The SMILES string of the molecule is CC(O)C(C)SCC(=O)NC1CCOCC1. The summed E-state index contributed by atoms with van der Waals surface area (Å²) in [4.78, 5) is 11.6. The molecular formula is C11H21NO3S. The van der Waals surface area contributed by atoms with Crippen molar-refractivity contribution in [3.8, 4) is 0 Å². The molecule has 0 saturated carbocycles. The first-order chi connectivity index (χ1) is 7.59. The van der Waals surface area contributed by atoms with Crippen molar-refractivity contribution in [2.45, 2.75) is 44.1 Å². The first-order valence-corrected chi connectivity index (χ1v) is 6.81. The summed E-state index contributed by atoms with van der Waals surface area (Å²) in [5.74, 6) is 0.480. The fraction of sp³-hybridized carbons (Fsp3) is 0.909. The molecule has 1 aliphatic rings. The first kappa shape index (κ1) is 13.8. The number of aliphatic hydroxyl groups excluding tert-OH is 1. The van der Waals surface area contributed by atoms with Crippen LogP contribution in [0.3, 0.4) is 0 Å². The Morgan fingerprint density at radius 3 is 2.69 bits per heavy atom. The summed E-state index contributed by atoms with van der Waals surface area (Å²) in [6, 6.07) is 0.267. The Morgan fingerprint density at radius 2 is 2.12 bits per heavy atom. The van der Waals surface area contributed by atoms with Crippen molar-refractivity contribution < 1.29 is 14.6 Å². The highest BCUT2D eigenvalue weighted by Crippen LogP contribution is 2.14. The standard InChI is InChI=1S/C11H21NO3S/c1-8(13)9(2)16-7-11(14)12-10-3-5-15-6-4-10/h8-10,13H,3-7H2,1-2H3,(H,12,14). The fourth-order valence-corrected chi connectivity index (χ4v) is 2.23. The molecule has 2 unspecified atom stereocenters. The van der Waals surface area contributed by atoms with Gasteiger partial charge in [-0.3, -0.25) is 4.79 Å². The third-order valence-corrected chi connectivity index (χ3v) is 4.09. The molecular weight excluding hydrogens is 226 g/mol. The number of nitrogens with one attached hydrogen (secondary N) is 1. The highest BCUT2D eigenvalue weighted by molar-refractivity contribution is 8.00. The summed E-state index contributed by atoms with van der Waals surface area (Å²) in [5.41, 5.74) is 0. The number of ether oxygens (including phenoxy) is 1. The van der Waals surface area contributed by atoms with Crippen molar-refractivity contribution in [3.05, 3.63) is 0 Å². The predicted octanol–water partition coefficient (Wildman–Crippen LogP) is 0.784. The molecule has 2 N–H and O–H groups in total. The van der Waals surface area contributed by atoms with Crippen LogP contribution < -0.4 is 5.32 Å². The van der Waals surface area contributed by atoms with E-state index < -0.39 is 0 Å². The second-order valence-corrected chi connectivity index (χ2v) is 5.58. The predicted molar refractivity (Wildman–Crippen MR) is 65.6 cm³/mol. The molecule has 0 aromatic heterocycles. The van der Waals surface area contributed by atoms with Gasteiger partial charge in [-0.1, -0.05) is 6.92 Å². The highest BCUT2D eigenvalue weighted by atomic mass is 32.2. The lowest BCUT2D eigenvalue weighted by Crippen LogP contribution is -2.40. The molecule has 0 aromatic rings. The van der Waals surface area contributed by atoms with Crippen molar-refractivity contribution in [2.75, 3.05) is 19.0 Å². The third-order valence-electron chi connectivity index (χ3n) is 2.74. The average Bonchev–Trinajstić information content (AvgIpc) is 2.27. The van der Waals surface area contributed by atoms with Crippen LogP contribution in [0.15, 0.2) is 0 Å². The zero-order chi connectivity index (χ0) is 12.0. The van der Waals surface area contributed by atoms with Crippen molar-refractivity contribution in [3.63, 3.8) is 0 Å². The van der Waals surface area contributed by atoms with E-state index in [1.165, 1.54) is 11.8 Å². The number of hydrogen-bond donors (Lipinski definition) is 2. The van der Waals surface area contributed by atoms with Gasteiger partial charge in [-0.05, 0) is 19.8 Å². The van der Waals surface area contributed by atoms with Crippen LogP contribution >= 0.6 is 11.8 Å². The van der Waals surface area contributed by atoms with Gasteiger partial charge in [0.15, 0.2) is 0 Å². The molecule has 0 aliphatic carbocycles. The van der Waals surface area contributed by atoms with Gasteiger partial charge in [-0.25, -0.2) is 0 Å². The van der Waals surface area contributed by atoms with E-state index in [1.54, 1.807) is 6.92 Å². The molecule has 5 heteroatoms. The Morgan fingerprint density at radius 1 is 1.50 bits per heavy atom. The fourth-order valence-electron chi connectivity index (χ4n) is 1.46. The molecule has 1 saturated heterocycles. The topological polar surface area (TPSA) is 58.6 Å². The first-order valence-electron chi connectivity index (χ1n) is 5.76. The van der Waals surface area contributed by atoms with Crippen LogP contribution in [0.5, 0.6) is 0 Å². The molecule has 1 rings (SSSR count). The highest BCUT2D eigenvalue weighted by Gasteiger charge is 2.17. The Balaban J connectivity index is 2.14. The maximum absolute atomic E-state index is 11.6. The second-order valence-electron chi connectivity index (χ2n) is 4.21. The summed E-state index contributed by atoms with van der Waals surface area (Å²) in [5, 5.41) is 12.4. The number of carbonyl (C=O) groups excluding carboxylic acids is 1. The summed E-state index contributed by atoms with van der Waals surface area (Å²) >= 11 is 1.49. The van der Waals surface area contributed by atoms with Crippen molar-refractivity contribution in [2.24, 2.45) is 0 Å². The molecule has 0 spiro atoms. The van der Waals surface area contributed by atoms with E-state index in [1.807, 2.05) is 6.92 Å². The minimum absolute atomic E-state index is 0.0596. The van der Waals surface area contributed by atoms with Crippen molar-refractivity contribution in [1.82, 2.24) is 5.32 Å². The molecule has 1 amide bonds. The smallest absolute Gasteiger partial charge is 0.230 e. The Bertz CT molecular complexity index is 217. The minimum Gasteiger partial charge on any atom is -0.392 e. The van der Waals surface area contributed by atoms with Crippen molar-refractivity contribution >= 4 is 17.7 Å². The van der Waals surface area contributed by atoms with E-state index in [2.05, 4.69) is 5.32 Å². The van der Waals surface area contributed by atoms with Crippen LogP contribution in [0.1, 0.15) is 26.7 Å². The Kier molecular flexibility index (Phi) is 6.16. The maximum Gasteiger partial charge on any atom is 0.230 e. The maximum atomic E-state index is 11.6. The van der Waals surface area contributed by atoms with E-state index in [0.717, 1.165) is 26.1 Å². The van der Waals surface area contributed by atoms with Crippen LogP contribution in [-0.4, -0.2) is 47.4 Å². The lowest BCUT2D eigenvalue weighted by molar-refractivity contribution is -0.119. The summed E-state index contributed by atoms with van der Waals surface area (Å²) in [6.45, 7) is 5.15. The molecule has 16 heavy (non-hydrogen) atoms. The molecule has 1 fully saturated rings. The molecule has 1 heterocycles. The zero-order valence-electron chi connectivity index (χ0n) is 9.94. The quantitative estimate of drug-likeness (QED) is 0.754. The van der Waals surface area contributed by atoms with E-state index >= 15 is 0 Å². The number of aliphatic hydroxyl groups is 1. The summed E-state index contributed by atoms with van der Waals surface area (Å²) < 4.78 is 5.22. The lowest BCUT2D eigenvalue weighted by Gasteiger charge is -2.23. The molecule has 2 atom stereocenters.